The number of rotatable bonds is 4. The molecule has 0 spiro atoms. The van der Waals surface area contributed by atoms with Crippen LogP contribution >= 0.6 is 0 Å². The van der Waals surface area contributed by atoms with Crippen LogP contribution in [0.1, 0.15) is 5.56 Å². The molecule has 1 aliphatic heterocycles. The summed E-state index contributed by atoms with van der Waals surface area (Å²) < 4.78 is 43.2. The summed E-state index contributed by atoms with van der Waals surface area (Å²) in [5.41, 5.74) is 1.76. The Morgan fingerprint density at radius 3 is 2.80 bits per heavy atom. The smallest absolute Gasteiger partial charge is 0.246 e. The summed E-state index contributed by atoms with van der Waals surface area (Å²) in [7, 11) is -2.25. The summed E-state index contributed by atoms with van der Waals surface area (Å²) in [6, 6.07) is 14.6. The van der Waals surface area contributed by atoms with Crippen LogP contribution in [0, 0.1) is 0 Å². The number of hydrogen-bond acceptors (Lipinski definition) is 4. The van der Waals surface area contributed by atoms with Crippen LogP contribution in [0.25, 0.3) is 10.9 Å². The molecule has 5 nitrogen and oxygen atoms in total. The van der Waals surface area contributed by atoms with Crippen molar-refractivity contribution in [2.75, 3.05) is 13.3 Å². The van der Waals surface area contributed by atoms with Crippen LogP contribution < -0.4 is 9.47 Å². The van der Waals surface area contributed by atoms with Crippen molar-refractivity contribution in [2.24, 2.45) is 11.4 Å². The molecule has 2 heterocycles. The third kappa shape index (κ3) is 2.95. The maximum atomic E-state index is 14.7. The van der Waals surface area contributed by atoms with Crippen LogP contribution in [0.5, 0.6) is 11.5 Å². The average Bonchev–Trinajstić information content (AvgIpc) is 3.19. The summed E-state index contributed by atoms with van der Waals surface area (Å²) in [4.78, 5) is 0. The van der Waals surface area contributed by atoms with E-state index >= 15 is 0 Å². The summed E-state index contributed by atoms with van der Waals surface area (Å²) in [6.45, 7) is 0.332. The Balaban J connectivity index is 1.57. The number of nitrogens with zero attached hydrogens (tertiary/aromatic N) is 2. The molecule has 1 atom stereocenters. The highest BCUT2D eigenvalue weighted by Crippen LogP contribution is 2.32. The molecule has 0 unspecified atom stereocenters. The van der Waals surface area contributed by atoms with Crippen molar-refractivity contribution in [2.45, 2.75) is 11.4 Å². The zero-order chi connectivity index (χ0) is 17.4. The monoisotopic (exact) mass is 360 g/mol. The number of aryl methyl sites for hydroxylation is 1. The Morgan fingerprint density at radius 2 is 1.96 bits per heavy atom. The van der Waals surface area contributed by atoms with Crippen molar-refractivity contribution in [3.63, 3.8) is 0 Å². The van der Waals surface area contributed by atoms with Gasteiger partial charge in [-0.25, -0.2) is 8.57 Å². The molecule has 4 rings (SSSR count). The molecule has 25 heavy (non-hydrogen) atoms. The van der Waals surface area contributed by atoms with Crippen LogP contribution in [-0.4, -0.2) is 22.1 Å². The molecule has 1 aromatic heterocycles. The van der Waals surface area contributed by atoms with E-state index in [2.05, 4.69) is 4.36 Å². The van der Waals surface area contributed by atoms with Crippen molar-refractivity contribution >= 4 is 21.0 Å². The van der Waals surface area contributed by atoms with Crippen LogP contribution in [0.4, 0.5) is 3.89 Å². The topological polar surface area (TPSA) is 52.8 Å². The predicted molar refractivity (Wildman–Crippen MR) is 94.0 cm³/mol. The van der Waals surface area contributed by atoms with Gasteiger partial charge in [0.25, 0.3) is 0 Å². The minimum atomic E-state index is -3.95. The summed E-state index contributed by atoms with van der Waals surface area (Å²) in [5.74, 6) is 1.37. The van der Waals surface area contributed by atoms with Gasteiger partial charge in [0.2, 0.25) is 16.9 Å². The highest BCUT2D eigenvalue weighted by molar-refractivity contribution is 7.88. The summed E-state index contributed by atoms with van der Waals surface area (Å²) in [6.07, 6.45) is 0.474. The number of hydrogen-bond donors (Lipinski definition) is 0. The van der Waals surface area contributed by atoms with Gasteiger partial charge in [0.15, 0.2) is 11.5 Å². The minimum absolute atomic E-state index is 0.0967. The van der Waals surface area contributed by atoms with Crippen LogP contribution in [0.3, 0.4) is 0 Å². The molecule has 0 saturated carbocycles. The molecule has 7 heteroatoms. The quantitative estimate of drug-likeness (QED) is 0.664. The minimum Gasteiger partial charge on any atom is -0.454 e. The normalized spacial score (nSPS) is 15.3. The third-order valence-corrected chi connectivity index (χ3v) is 5.68. The fourth-order valence-corrected chi connectivity index (χ4v) is 4.13. The molecule has 3 aromatic rings. The Labute approximate surface area is 145 Å². The van der Waals surface area contributed by atoms with Gasteiger partial charge in [-0.15, -0.1) is 3.89 Å². The fraction of sp³-hybridized carbons (Fsp3) is 0.222. The molecule has 0 radical (unpaired) electrons. The molecule has 0 aliphatic carbocycles. The first kappa shape index (κ1) is 16.0. The fourth-order valence-electron chi connectivity index (χ4n) is 2.96. The van der Waals surface area contributed by atoms with E-state index < -0.39 is 10.1 Å². The second-order valence-electron chi connectivity index (χ2n) is 5.85. The van der Waals surface area contributed by atoms with Crippen molar-refractivity contribution in [1.29, 1.82) is 0 Å². The summed E-state index contributed by atoms with van der Waals surface area (Å²) >= 11 is 0. The number of benzene rings is 2. The van der Waals surface area contributed by atoms with Crippen molar-refractivity contribution in [1.82, 2.24) is 4.57 Å². The molecule has 130 valence electrons. The van der Waals surface area contributed by atoms with Crippen LogP contribution in [0.2, 0.25) is 0 Å². The van der Waals surface area contributed by atoms with Gasteiger partial charge >= 0.3 is 0 Å². The van der Waals surface area contributed by atoms with Crippen molar-refractivity contribution in [3.05, 3.63) is 54.1 Å². The zero-order valence-electron chi connectivity index (χ0n) is 13.6. The number of ether oxygens (including phenoxy) is 2. The van der Waals surface area contributed by atoms with Gasteiger partial charge in [-0.2, -0.15) is 0 Å². The van der Waals surface area contributed by atoms with Crippen LogP contribution in [-0.2, 0) is 23.6 Å². The maximum absolute atomic E-state index is 14.7. The SMILES string of the molecule is Cn1c([S@@](=O)(F)=NCCc2ccc3c(c2)OCO3)cc2ccccc21. The highest BCUT2D eigenvalue weighted by atomic mass is 32.3. The van der Waals surface area contributed by atoms with E-state index in [1.807, 2.05) is 42.5 Å². The van der Waals surface area contributed by atoms with Gasteiger partial charge < -0.3 is 14.0 Å². The standard InChI is InChI=1S/C18H17FN2O3S/c1-21-15-5-3-2-4-14(15)11-18(21)25(19,22)20-9-8-13-6-7-16-17(10-13)24-12-23-16/h2-7,10-11H,8-9,12H2,1H3/t25-/m1/s1. The van der Waals surface area contributed by atoms with Crippen molar-refractivity contribution in [3.8, 4) is 11.5 Å². The number of halogens is 1. The van der Waals surface area contributed by atoms with E-state index in [0.29, 0.717) is 17.9 Å². The van der Waals surface area contributed by atoms with E-state index in [4.69, 9.17) is 9.47 Å². The van der Waals surface area contributed by atoms with E-state index in [9.17, 15) is 8.09 Å². The van der Waals surface area contributed by atoms with Gasteiger partial charge in [-0.1, -0.05) is 24.3 Å². The first-order valence-electron chi connectivity index (χ1n) is 7.90. The number of para-hydroxylation sites is 1. The lowest BCUT2D eigenvalue weighted by Crippen LogP contribution is -2.02. The number of fused-ring (bicyclic) bond motifs is 2. The Kier molecular flexibility index (Phi) is 3.88. The lowest BCUT2D eigenvalue weighted by molar-refractivity contribution is 0.174. The molecular weight excluding hydrogens is 343 g/mol. The second kappa shape index (κ2) is 6.07. The lowest BCUT2D eigenvalue weighted by Gasteiger charge is -2.04. The Morgan fingerprint density at radius 1 is 1.16 bits per heavy atom. The molecule has 1 aliphatic rings. The van der Waals surface area contributed by atoms with E-state index in [0.717, 1.165) is 16.5 Å². The molecule has 0 fully saturated rings. The maximum Gasteiger partial charge on any atom is 0.246 e. The molecule has 2 aromatic carbocycles. The molecule has 0 N–H and O–H groups in total. The van der Waals surface area contributed by atoms with Gasteiger partial charge in [-0.05, 0) is 36.2 Å². The lowest BCUT2D eigenvalue weighted by atomic mass is 10.1. The highest BCUT2D eigenvalue weighted by Gasteiger charge is 2.18. The average molecular weight is 360 g/mol. The molecule has 0 bridgehead atoms. The molecular formula is C18H17FN2O3S. The van der Waals surface area contributed by atoms with E-state index in [1.54, 1.807) is 17.7 Å². The second-order valence-corrected chi connectivity index (χ2v) is 7.44. The molecule has 0 amide bonds. The van der Waals surface area contributed by atoms with E-state index in [1.165, 1.54) is 0 Å². The summed E-state index contributed by atoms with van der Waals surface area (Å²) in [5, 5.41) is 0.940. The third-order valence-electron chi connectivity index (χ3n) is 4.26. The van der Waals surface area contributed by atoms with Gasteiger partial charge in [0, 0.05) is 18.0 Å². The van der Waals surface area contributed by atoms with Gasteiger partial charge in [0.05, 0.1) is 6.54 Å². The Hall–Kier alpha value is -2.54. The van der Waals surface area contributed by atoms with Gasteiger partial charge in [-0.3, -0.25) is 0 Å². The van der Waals surface area contributed by atoms with Crippen molar-refractivity contribution < 1.29 is 17.6 Å². The largest absolute Gasteiger partial charge is 0.454 e. The molecule has 0 saturated heterocycles. The first-order chi connectivity index (χ1) is 12.0. The van der Waals surface area contributed by atoms with Gasteiger partial charge in [0.1, 0.15) is 5.03 Å². The predicted octanol–water partition coefficient (Wildman–Crippen LogP) is 3.86. The van der Waals surface area contributed by atoms with Crippen LogP contribution in [0.15, 0.2) is 57.9 Å². The Bertz CT molecular complexity index is 1070. The first-order valence-corrected chi connectivity index (χ1v) is 9.32. The number of aromatic nitrogens is 1. The van der Waals surface area contributed by atoms with E-state index in [-0.39, 0.29) is 18.4 Å². The zero-order valence-corrected chi connectivity index (χ0v) is 14.5.